The maximum Gasteiger partial charge on any atom is 0.0625 e. The number of nitrogens with zero attached hydrogens (tertiary/aromatic N) is 3. The second kappa shape index (κ2) is 6.34. The molecule has 0 bridgehead atoms. The molecule has 1 aromatic rings. The molecule has 1 fully saturated rings. The number of aryl methyl sites for hydroxylation is 2. The molecule has 1 unspecified atom stereocenters. The van der Waals surface area contributed by atoms with Gasteiger partial charge in [0.2, 0.25) is 0 Å². The van der Waals surface area contributed by atoms with Crippen molar-refractivity contribution in [3.63, 3.8) is 0 Å². The maximum atomic E-state index is 9.45. The monoisotopic (exact) mass is 251 g/mol. The second-order valence-electron chi connectivity index (χ2n) is 5.10. The summed E-state index contributed by atoms with van der Waals surface area (Å²) in [5, 5.41) is 14.0. The topological polar surface area (TPSA) is 41.3 Å². The molecule has 0 aliphatic carbocycles. The van der Waals surface area contributed by atoms with Gasteiger partial charge in [0.15, 0.2) is 0 Å². The van der Waals surface area contributed by atoms with Gasteiger partial charge in [0.25, 0.3) is 0 Å². The molecule has 1 saturated heterocycles. The van der Waals surface area contributed by atoms with Crippen LogP contribution in [0.4, 0.5) is 0 Å². The Balaban J connectivity index is 2.09. The Bertz CT molecular complexity index is 375. The highest BCUT2D eigenvalue weighted by atomic mass is 16.3. The van der Waals surface area contributed by atoms with Crippen molar-refractivity contribution in [2.45, 2.75) is 58.7 Å². The van der Waals surface area contributed by atoms with Gasteiger partial charge in [-0.2, -0.15) is 5.10 Å². The zero-order valence-corrected chi connectivity index (χ0v) is 11.6. The molecule has 0 aromatic carbocycles. The largest absolute Gasteiger partial charge is 0.395 e. The zero-order valence-electron chi connectivity index (χ0n) is 11.6. The number of rotatable bonds is 5. The predicted octanol–water partition coefficient (Wildman–Crippen LogP) is 1.81. The third kappa shape index (κ3) is 2.93. The van der Waals surface area contributed by atoms with E-state index in [4.69, 9.17) is 0 Å². The normalized spacial score (nSPS) is 21.4. The van der Waals surface area contributed by atoms with E-state index in [-0.39, 0.29) is 6.61 Å². The number of aliphatic hydroxyl groups is 1. The van der Waals surface area contributed by atoms with E-state index in [2.05, 4.69) is 34.6 Å². The fourth-order valence-electron chi connectivity index (χ4n) is 2.77. The van der Waals surface area contributed by atoms with Crippen LogP contribution >= 0.6 is 0 Å². The van der Waals surface area contributed by atoms with Gasteiger partial charge in [0, 0.05) is 19.1 Å². The molecule has 4 heteroatoms. The van der Waals surface area contributed by atoms with E-state index in [9.17, 15) is 5.11 Å². The first-order valence-corrected chi connectivity index (χ1v) is 7.19. The summed E-state index contributed by atoms with van der Waals surface area (Å²) in [6.45, 7) is 7.50. The standard InChI is InChI=1S/C14H25N3O/c1-3-12-9-14(17(4-2)15-12)10-16-8-6-5-7-13(16)11-18/h9,13,18H,3-8,10-11H2,1-2H3. The average molecular weight is 251 g/mol. The van der Waals surface area contributed by atoms with Crippen LogP contribution < -0.4 is 0 Å². The highest BCUT2D eigenvalue weighted by Crippen LogP contribution is 2.19. The summed E-state index contributed by atoms with van der Waals surface area (Å²) in [7, 11) is 0. The van der Waals surface area contributed by atoms with Gasteiger partial charge < -0.3 is 5.11 Å². The van der Waals surface area contributed by atoms with E-state index < -0.39 is 0 Å². The molecule has 0 saturated carbocycles. The van der Waals surface area contributed by atoms with E-state index in [0.29, 0.717) is 6.04 Å². The third-order valence-electron chi connectivity index (χ3n) is 3.90. The van der Waals surface area contributed by atoms with Crippen molar-refractivity contribution in [1.82, 2.24) is 14.7 Å². The summed E-state index contributed by atoms with van der Waals surface area (Å²) in [4.78, 5) is 2.41. The van der Waals surface area contributed by atoms with Gasteiger partial charge in [-0.15, -0.1) is 0 Å². The molecule has 102 valence electrons. The van der Waals surface area contributed by atoms with E-state index in [1.54, 1.807) is 0 Å². The SMILES string of the molecule is CCc1cc(CN2CCCCC2CO)n(CC)n1. The van der Waals surface area contributed by atoms with Gasteiger partial charge in [-0.1, -0.05) is 13.3 Å². The summed E-state index contributed by atoms with van der Waals surface area (Å²) in [6, 6.07) is 2.55. The Kier molecular flexibility index (Phi) is 4.78. The first-order valence-electron chi connectivity index (χ1n) is 7.19. The van der Waals surface area contributed by atoms with Crippen LogP contribution in [0.1, 0.15) is 44.5 Å². The zero-order chi connectivity index (χ0) is 13.0. The Morgan fingerprint density at radius 2 is 2.22 bits per heavy atom. The lowest BCUT2D eigenvalue weighted by atomic mass is 10.0. The van der Waals surface area contributed by atoms with E-state index in [1.807, 2.05) is 0 Å². The Hall–Kier alpha value is -0.870. The molecular weight excluding hydrogens is 226 g/mol. The number of hydrogen-bond acceptors (Lipinski definition) is 3. The van der Waals surface area contributed by atoms with E-state index in [0.717, 1.165) is 32.5 Å². The molecule has 0 amide bonds. The third-order valence-corrected chi connectivity index (χ3v) is 3.90. The molecule has 1 aliphatic rings. The summed E-state index contributed by atoms with van der Waals surface area (Å²) < 4.78 is 2.10. The average Bonchev–Trinajstić information content (AvgIpc) is 2.81. The minimum absolute atomic E-state index is 0.279. The van der Waals surface area contributed by atoms with Crippen LogP contribution in [0.3, 0.4) is 0 Å². The number of aromatic nitrogens is 2. The van der Waals surface area contributed by atoms with Crippen LogP contribution in [0, 0.1) is 0 Å². The molecule has 1 N–H and O–H groups in total. The molecule has 0 spiro atoms. The fourth-order valence-corrected chi connectivity index (χ4v) is 2.77. The lowest BCUT2D eigenvalue weighted by Crippen LogP contribution is -2.41. The molecular formula is C14H25N3O. The number of piperidine rings is 1. The predicted molar refractivity (Wildman–Crippen MR) is 72.4 cm³/mol. The van der Waals surface area contributed by atoms with Crippen LogP contribution in [0.15, 0.2) is 6.07 Å². The van der Waals surface area contributed by atoms with Crippen molar-refractivity contribution < 1.29 is 5.11 Å². The molecule has 1 atom stereocenters. The Labute approximate surface area is 110 Å². The van der Waals surface area contributed by atoms with E-state index in [1.165, 1.54) is 24.2 Å². The minimum atomic E-state index is 0.279. The van der Waals surface area contributed by atoms with Crippen LogP contribution in [-0.4, -0.2) is 39.0 Å². The molecule has 2 heterocycles. The number of aliphatic hydroxyl groups excluding tert-OH is 1. The van der Waals surface area contributed by atoms with Crippen molar-refractivity contribution in [2.24, 2.45) is 0 Å². The first kappa shape index (κ1) is 13.6. The summed E-state index contributed by atoms with van der Waals surface area (Å²) in [6.07, 6.45) is 4.60. The first-order chi connectivity index (χ1) is 8.78. The summed E-state index contributed by atoms with van der Waals surface area (Å²) >= 11 is 0. The van der Waals surface area contributed by atoms with Gasteiger partial charge in [0.1, 0.15) is 0 Å². The Morgan fingerprint density at radius 1 is 1.39 bits per heavy atom. The summed E-state index contributed by atoms with van der Waals surface area (Å²) in [5.41, 5.74) is 2.46. The fraction of sp³-hybridized carbons (Fsp3) is 0.786. The van der Waals surface area contributed by atoms with Crippen molar-refractivity contribution in [1.29, 1.82) is 0 Å². The highest BCUT2D eigenvalue weighted by Gasteiger charge is 2.22. The van der Waals surface area contributed by atoms with Gasteiger partial charge in [-0.3, -0.25) is 9.58 Å². The minimum Gasteiger partial charge on any atom is -0.395 e. The lowest BCUT2D eigenvalue weighted by Gasteiger charge is -2.34. The van der Waals surface area contributed by atoms with Crippen molar-refractivity contribution in [2.75, 3.05) is 13.2 Å². The van der Waals surface area contributed by atoms with Crippen LogP contribution in [0.2, 0.25) is 0 Å². The van der Waals surface area contributed by atoms with Crippen LogP contribution in [0.25, 0.3) is 0 Å². The van der Waals surface area contributed by atoms with Crippen molar-refractivity contribution in [3.05, 3.63) is 17.5 Å². The molecule has 0 radical (unpaired) electrons. The molecule has 2 rings (SSSR count). The summed E-state index contributed by atoms with van der Waals surface area (Å²) in [5.74, 6) is 0. The van der Waals surface area contributed by atoms with Crippen molar-refractivity contribution in [3.8, 4) is 0 Å². The second-order valence-corrected chi connectivity index (χ2v) is 5.10. The quantitative estimate of drug-likeness (QED) is 0.868. The van der Waals surface area contributed by atoms with Crippen LogP contribution in [-0.2, 0) is 19.5 Å². The number of hydrogen-bond donors (Lipinski definition) is 1. The van der Waals surface area contributed by atoms with Gasteiger partial charge >= 0.3 is 0 Å². The maximum absolute atomic E-state index is 9.45. The molecule has 4 nitrogen and oxygen atoms in total. The van der Waals surface area contributed by atoms with Crippen molar-refractivity contribution >= 4 is 0 Å². The molecule has 1 aromatic heterocycles. The number of likely N-dealkylation sites (tertiary alicyclic amines) is 1. The Morgan fingerprint density at radius 3 is 2.89 bits per heavy atom. The van der Waals surface area contributed by atoms with Crippen LogP contribution in [0.5, 0.6) is 0 Å². The lowest BCUT2D eigenvalue weighted by molar-refractivity contribution is 0.0818. The van der Waals surface area contributed by atoms with Gasteiger partial charge in [-0.05, 0) is 38.8 Å². The smallest absolute Gasteiger partial charge is 0.0625 e. The molecule has 18 heavy (non-hydrogen) atoms. The van der Waals surface area contributed by atoms with Gasteiger partial charge in [0.05, 0.1) is 18.0 Å². The highest BCUT2D eigenvalue weighted by molar-refractivity contribution is 5.10. The van der Waals surface area contributed by atoms with E-state index >= 15 is 0 Å². The van der Waals surface area contributed by atoms with Gasteiger partial charge in [-0.25, -0.2) is 0 Å². The molecule has 1 aliphatic heterocycles.